The number of ether oxygens (including phenoxy) is 2. The Morgan fingerprint density at radius 2 is 1.55 bits per heavy atom. The highest BCUT2D eigenvalue weighted by Crippen LogP contribution is 2.28. The van der Waals surface area contributed by atoms with Crippen molar-refractivity contribution in [1.82, 2.24) is 10.2 Å². The number of anilines is 1. The molecule has 1 N–H and O–H groups in total. The van der Waals surface area contributed by atoms with E-state index in [0.717, 1.165) is 59.8 Å². The average Bonchev–Trinajstić information content (AvgIpc) is 3.63. The van der Waals surface area contributed by atoms with Gasteiger partial charge in [0, 0.05) is 19.0 Å². The van der Waals surface area contributed by atoms with E-state index in [4.69, 9.17) is 9.47 Å². The molecular weight excluding hydrogens is 645 g/mol. The van der Waals surface area contributed by atoms with Crippen LogP contribution in [0.15, 0.2) is 108 Å². The van der Waals surface area contributed by atoms with Gasteiger partial charge in [0.25, 0.3) is 10.0 Å². The van der Waals surface area contributed by atoms with Gasteiger partial charge in [0.2, 0.25) is 11.8 Å². The van der Waals surface area contributed by atoms with Crippen LogP contribution in [-0.2, 0) is 32.6 Å². The quantitative estimate of drug-likeness (QED) is 0.161. The third-order valence-corrected chi connectivity index (χ3v) is 10.4. The van der Waals surface area contributed by atoms with Crippen molar-refractivity contribution in [2.45, 2.75) is 62.6 Å². The van der Waals surface area contributed by atoms with E-state index in [1.807, 2.05) is 43.3 Å². The second-order valence-corrected chi connectivity index (χ2v) is 13.8. The van der Waals surface area contributed by atoms with E-state index >= 15 is 0 Å². The van der Waals surface area contributed by atoms with Gasteiger partial charge in [-0.3, -0.25) is 13.9 Å². The van der Waals surface area contributed by atoms with E-state index < -0.39 is 34.3 Å². The molecule has 5 rings (SSSR count). The first-order valence-corrected chi connectivity index (χ1v) is 17.9. The number of hydrogen-bond acceptors (Lipinski definition) is 6. The minimum atomic E-state index is -4.37. The summed E-state index contributed by atoms with van der Waals surface area (Å²) in [6, 6.07) is 26.5. The van der Waals surface area contributed by atoms with Crippen LogP contribution < -0.4 is 19.1 Å². The molecule has 0 heterocycles. The SMILES string of the molecule is CCOc1ccc(N(CC(=O)N(Cc2cccc(OC)c2)C(Cc2ccccc2)C(=O)NC2CCCC2)S(=O)(=O)c2ccc(F)cc2)cc1. The molecular formula is C38H42FN3O6S. The summed E-state index contributed by atoms with van der Waals surface area (Å²) in [7, 11) is -2.83. The van der Waals surface area contributed by atoms with Crippen molar-refractivity contribution in [3.05, 3.63) is 120 Å². The van der Waals surface area contributed by atoms with Crippen molar-refractivity contribution in [3.8, 4) is 11.5 Å². The number of benzene rings is 4. The van der Waals surface area contributed by atoms with Crippen molar-refractivity contribution >= 4 is 27.5 Å². The second kappa shape index (κ2) is 16.5. The smallest absolute Gasteiger partial charge is 0.264 e. The lowest BCUT2D eigenvalue weighted by atomic mass is 10.0. The number of methoxy groups -OCH3 is 1. The summed E-state index contributed by atoms with van der Waals surface area (Å²) in [5.41, 5.74) is 1.76. The number of rotatable bonds is 15. The Morgan fingerprint density at radius 1 is 0.878 bits per heavy atom. The molecule has 1 unspecified atom stereocenters. The number of nitrogens with one attached hydrogen (secondary N) is 1. The largest absolute Gasteiger partial charge is 0.497 e. The predicted octanol–water partition coefficient (Wildman–Crippen LogP) is 6.13. The van der Waals surface area contributed by atoms with Gasteiger partial charge in [0.1, 0.15) is 29.9 Å². The summed E-state index contributed by atoms with van der Waals surface area (Å²) in [5, 5.41) is 3.17. The van der Waals surface area contributed by atoms with Gasteiger partial charge in [-0.05, 0) is 91.6 Å². The van der Waals surface area contributed by atoms with Gasteiger partial charge in [0.05, 0.1) is 24.3 Å². The first-order chi connectivity index (χ1) is 23.7. The zero-order valence-corrected chi connectivity index (χ0v) is 28.6. The molecule has 258 valence electrons. The van der Waals surface area contributed by atoms with E-state index in [1.165, 1.54) is 4.90 Å². The monoisotopic (exact) mass is 687 g/mol. The standard InChI is InChI=1S/C38H42FN3O6S/c1-3-48-33-20-18-32(19-21-33)42(49(45,46)35-22-16-30(39)17-23-35)27-37(43)41(26-29-12-9-15-34(24-29)47-2)36(25-28-10-5-4-6-11-28)38(44)40-31-13-7-8-14-31/h4-6,9-12,15-24,31,36H,3,7-8,13-14,25-27H2,1-2H3,(H,40,44). The lowest BCUT2D eigenvalue weighted by Crippen LogP contribution is -2.54. The molecule has 9 nitrogen and oxygen atoms in total. The van der Waals surface area contributed by atoms with Gasteiger partial charge in [-0.1, -0.05) is 55.3 Å². The molecule has 0 aromatic heterocycles. The zero-order chi connectivity index (χ0) is 34.8. The maximum atomic E-state index is 14.7. The molecule has 1 aliphatic carbocycles. The number of nitrogens with zero attached hydrogens (tertiary/aromatic N) is 2. The highest BCUT2D eigenvalue weighted by Gasteiger charge is 2.35. The molecule has 2 amide bonds. The fourth-order valence-electron chi connectivity index (χ4n) is 6.03. The number of hydrogen-bond donors (Lipinski definition) is 1. The summed E-state index contributed by atoms with van der Waals surface area (Å²) in [6.07, 6.45) is 3.95. The van der Waals surface area contributed by atoms with Crippen LogP contribution in [0, 0.1) is 5.82 Å². The van der Waals surface area contributed by atoms with Crippen molar-refractivity contribution < 1.29 is 31.9 Å². The number of carbonyl (C=O) groups excluding carboxylic acids is 2. The lowest BCUT2D eigenvalue weighted by molar-refractivity contribution is -0.140. The van der Waals surface area contributed by atoms with Crippen LogP contribution in [0.4, 0.5) is 10.1 Å². The van der Waals surface area contributed by atoms with E-state index in [2.05, 4.69) is 5.32 Å². The minimum absolute atomic E-state index is 0.00116. The van der Waals surface area contributed by atoms with Gasteiger partial charge < -0.3 is 19.7 Å². The molecule has 0 radical (unpaired) electrons. The molecule has 11 heteroatoms. The fourth-order valence-corrected chi connectivity index (χ4v) is 7.44. The maximum Gasteiger partial charge on any atom is 0.264 e. The first kappa shape index (κ1) is 35.4. The lowest BCUT2D eigenvalue weighted by Gasteiger charge is -2.34. The van der Waals surface area contributed by atoms with Crippen molar-refractivity contribution in [2.75, 3.05) is 24.6 Å². The summed E-state index contributed by atoms with van der Waals surface area (Å²) < 4.78 is 54.2. The first-order valence-electron chi connectivity index (χ1n) is 16.5. The van der Waals surface area contributed by atoms with E-state index in [0.29, 0.717) is 23.7 Å². The van der Waals surface area contributed by atoms with Crippen molar-refractivity contribution in [3.63, 3.8) is 0 Å². The second-order valence-electron chi connectivity index (χ2n) is 12.0. The van der Waals surface area contributed by atoms with Crippen LogP contribution in [0.25, 0.3) is 0 Å². The molecule has 0 spiro atoms. The van der Waals surface area contributed by atoms with Crippen molar-refractivity contribution in [1.29, 1.82) is 0 Å². The maximum absolute atomic E-state index is 14.7. The predicted molar refractivity (Wildman–Crippen MR) is 186 cm³/mol. The average molecular weight is 688 g/mol. The molecule has 1 aliphatic rings. The van der Waals surface area contributed by atoms with Crippen LogP contribution in [0.2, 0.25) is 0 Å². The zero-order valence-electron chi connectivity index (χ0n) is 27.8. The summed E-state index contributed by atoms with van der Waals surface area (Å²) in [4.78, 5) is 30.1. The Balaban J connectivity index is 1.57. The Labute approximate surface area is 287 Å². The normalized spacial score (nSPS) is 13.8. The minimum Gasteiger partial charge on any atom is -0.497 e. The molecule has 49 heavy (non-hydrogen) atoms. The number of carbonyl (C=O) groups is 2. The van der Waals surface area contributed by atoms with Crippen LogP contribution in [0.1, 0.15) is 43.7 Å². The van der Waals surface area contributed by atoms with Gasteiger partial charge >= 0.3 is 0 Å². The Hall–Kier alpha value is -4.90. The van der Waals surface area contributed by atoms with Crippen LogP contribution in [0.5, 0.6) is 11.5 Å². The van der Waals surface area contributed by atoms with Crippen LogP contribution >= 0.6 is 0 Å². The van der Waals surface area contributed by atoms with Crippen LogP contribution in [-0.4, -0.2) is 57.5 Å². The molecule has 4 aromatic carbocycles. The number of sulfonamides is 1. The molecule has 0 bridgehead atoms. The summed E-state index contributed by atoms with van der Waals surface area (Å²) >= 11 is 0. The molecule has 1 saturated carbocycles. The van der Waals surface area contributed by atoms with Gasteiger partial charge in [-0.15, -0.1) is 0 Å². The molecule has 1 fully saturated rings. The van der Waals surface area contributed by atoms with E-state index in [9.17, 15) is 22.4 Å². The summed E-state index contributed by atoms with van der Waals surface area (Å²) in [5.74, 6) is -0.382. The molecule has 0 saturated heterocycles. The van der Waals surface area contributed by atoms with Crippen LogP contribution in [0.3, 0.4) is 0 Å². The van der Waals surface area contributed by atoms with Gasteiger partial charge in [0.15, 0.2) is 0 Å². The Kier molecular flexibility index (Phi) is 11.9. The topological polar surface area (TPSA) is 105 Å². The van der Waals surface area contributed by atoms with Gasteiger partial charge in [-0.2, -0.15) is 0 Å². The third-order valence-electron chi connectivity index (χ3n) is 8.58. The summed E-state index contributed by atoms with van der Waals surface area (Å²) in [6.45, 7) is 1.64. The Bertz CT molecular complexity index is 1800. The fraction of sp³-hybridized carbons (Fsp3) is 0.316. The van der Waals surface area contributed by atoms with Crippen molar-refractivity contribution in [2.24, 2.45) is 0 Å². The molecule has 0 aliphatic heterocycles. The molecule has 1 atom stereocenters. The Morgan fingerprint density at radius 3 is 2.20 bits per heavy atom. The van der Waals surface area contributed by atoms with E-state index in [1.54, 1.807) is 49.6 Å². The number of halogens is 1. The number of amides is 2. The van der Waals surface area contributed by atoms with Gasteiger partial charge in [-0.25, -0.2) is 12.8 Å². The highest BCUT2D eigenvalue weighted by atomic mass is 32.2. The molecule has 4 aromatic rings. The highest BCUT2D eigenvalue weighted by molar-refractivity contribution is 7.92. The third kappa shape index (κ3) is 9.17. The van der Waals surface area contributed by atoms with E-state index in [-0.39, 0.29) is 35.5 Å².